The lowest BCUT2D eigenvalue weighted by Gasteiger charge is -2.19. The summed E-state index contributed by atoms with van der Waals surface area (Å²) in [5.74, 6) is -8.95. The van der Waals surface area contributed by atoms with Gasteiger partial charge in [-0.1, -0.05) is 78.3 Å². The van der Waals surface area contributed by atoms with Crippen LogP contribution in [0.3, 0.4) is 0 Å². The number of hydrogen-bond donors (Lipinski definition) is 11. The van der Waals surface area contributed by atoms with Crippen molar-refractivity contribution in [1.29, 1.82) is 0 Å². The van der Waals surface area contributed by atoms with Crippen LogP contribution < -0.4 is 88.1 Å². The van der Waals surface area contributed by atoms with Crippen molar-refractivity contribution >= 4 is 129 Å². The average Bonchev–Trinajstić information content (AvgIpc) is 1.27. The predicted molar refractivity (Wildman–Crippen MR) is 511 cm³/mol. The maximum absolute atomic E-state index is 15.2. The fourth-order valence-electron chi connectivity index (χ4n) is 16.3. The highest BCUT2D eigenvalue weighted by atomic mass is 35.5. The molecule has 15 aromatic rings. The smallest absolute Gasteiger partial charge is 0.191 e. The van der Waals surface area contributed by atoms with E-state index in [2.05, 4.69) is 31.6 Å². The Kier molecular flexibility index (Phi) is 28.6. The van der Waals surface area contributed by atoms with Crippen molar-refractivity contribution < 1.29 is 48.3 Å². The minimum atomic E-state index is -0.968. The molecule has 0 spiro atoms. The molecular weight excluding hydrogens is 1760 g/mol. The van der Waals surface area contributed by atoms with Gasteiger partial charge in [0.2, 0.25) is 0 Å². The van der Waals surface area contributed by atoms with Crippen LogP contribution in [0, 0.1) is 64.0 Å². The van der Waals surface area contributed by atoms with Crippen LogP contribution in [0.4, 0.5) is 111 Å². The Morgan fingerprint density at radius 1 is 0.321 bits per heavy atom. The Balaban J connectivity index is 0.000000128. The molecule has 0 aliphatic heterocycles. The average molecular weight is 1860 g/mol. The zero-order chi connectivity index (χ0) is 95.2. The van der Waals surface area contributed by atoms with E-state index < -0.39 is 85.3 Å². The molecule has 0 atom stereocenters. The SMILES string of the molecule is CC(C)n1ccc(=O)c2c(N)c(F)c(NCCc3ccc(N)cc3)c(F)c21.Nc1c(F)c(NCCCc2ccccc2)c(F)c2c1c(=O)ccn2C1CC1.Nc1c(F)c(NCCc2ccc(Cl)cc2)c(F)c2c1c(=O)ccn2C1CC1.Nc1c(F)c(NCCc2ccc(F)cc2)c(F)c2c1c(=O)ccn2C1CC1.Nc1c(F)c(NCCc2ccncc2)c(F)c2c1c(=O)ccn2C1CC1. The zero-order valence-corrected chi connectivity index (χ0v) is 73.7. The quantitative estimate of drug-likeness (QED) is 0.0136. The van der Waals surface area contributed by atoms with Crippen molar-refractivity contribution in [2.75, 3.05) is 93.7 Å². The largest absolute Gasteiger partial charge is 0.399 e. The number of anilines is 11. The van der Waals surface area contributed by atoms with Gasteiger partial charge in [0.15, 0.2) is 85.3 Å². The molecule has 19 rings (SSSR count). The molecular formula is C100H97ClF11N17O5. The number of benzene rings is 9. The van der Waals surface area contributed by atoms with Crippen molar-refractivity contribution in [3.63, 3.8) is 0 Å². The van der Waals surface area contributed by atoms with E-state index in [-0.39, 0.29) is 154 Å². The van der Waals surface area contributed by atoms with Gasteiger partial charge in [-0.2, -0.15) is 0 Å². The van der Waals surface area contributed by atoms with Crippen LogP contribution in [0.5, 0.6) is 0 Å². The van der Waals surface area contributed by atoms with Crippen molar-refractivity contribution in [2.45, 2.75) is 134 Å². The van der Waals surface area contributed by atoms with Crippen molar-refractivity contribution in [3.8, 4) is 0 Å². The lowest BCUT2D eigenvalue weighted by atomic mass is 10.1. The van der Waals surface area contributed by atoms with Crippen LogP contribution in [0.15, 0.2) is 213 Å². The number of nitrogens with zero attached hydrogens (tertiary/aromatic N) is 6. The molecule has 4 saturated carbocycles. The maximum atomic E-state index is 15.2. The second kappa shape index (κ2) is 40.7. The van der Waals surface area contributed by atoms with E-state index >= 15 is 22.0 Å². The summed E-state index contributed by atoms with van der Waals surface area (Å²) in [6, 6.07) is 40.8. The van der Waals surface area contributed by atoms with E-state index in [1.165, 1.54) is 60.4 Å². The zero-order valence-electron chi connectivity index (χ0n) is 72.9. The molecule has 4 aliphatic rings. The van der Waals surface area contributed by atoms with Gasteiger partial charge in [-0.3, -0.25) is 29.0 Å². The normalized spacial score (nSPS) is 13.4. The summed E-state index contributed by atoms with van der Waals surface area (Å²) in [5, 5.41) is 14.1. The Morgan fingerprint density at radius 2 is 0.590 bits per heavy atom. The Hall–Kier alpha value is -14.5. The third kappa shape index (κ3) is 20.4. The third-order valence-corrected chi connectivity index (χ3v) is 24.2. The van der Waals surface area contributed by atoms with Gasteiger partial charge < -0.3 is 83.8 Å². The van der Waals surface area contributed by atoms with Crippen molar-refractivity contribution in [2.24, 2.45) is 0 Å². The molecule has 4 fully saturated rings. The molecule has 0 amide bonds. The van der Waals surface area contributed by atoms with Crippen LogP contribution in [0.1, 0.15) is 130 Å². The number of pyridine rings is 6. The molecule has 0 radical (unpaired) electrons. The minimum absolute atomic E-state index is 0.00591. The Bertz CT molecular complexity index is 6860. The Morgan fingerprint density at radius 3 is 0.903 bits per heavy atom. The monoisotopic (exact) mass is 1860 g/mol. The highest BCUT2D eigenvalue weighted by Crippen LogP contribution is 2.46. The van der Waals surface area contributed by atoms with Crippen molar-refractivity contribution in [1.82, 2.24) is 27.8 Å². The first-order valence-electron chi connectivity index (χ1n) is 43.9. The number of hydrogen-bond acceptors (Lipinski definition) is 17. The summed E-state index contributed by atoms with van der Waals surface area (Å²) in [6.07, 6.45) is 21.8. The van der Waals surface area contributed by atoms with Gasteiger partial charge in [0.05, 0.1) is 83.0 Å². The topological polar surface area (TPSA) is 339 Å². The highest BCUT2D eigenvalue weighted by Gasteiger charge is 2.35. The second-order valence-corrected chi connectivity index (χ2v) is 34.2. The number of nitrogen functional groups attached to an aromatic ring is 6. The van der Waals surface area contributed by atoms with Crippen LogP contribution in [-0.4, -0.2) is 60.5 Å². The maximum Gasteiger partial charge on any atom is 0.191 e. The molecule has 17 N–H and O–H groups in total. The van der Waals surface area contributed by atoms with E-state index in [0.29, 0.717) is 69.0 Å². The van der Waals surface area contributed by atoms with Crippen LogP contribution in [0.25, 0.3) is 54.5 Å². The van der Waals surface area contributed by atoms with Crippen molar-refractivity contribution in [3.05, 3.63) is 337 Å². The fourth-order valence-corrected chi connectivity index (χ4v) is 16.4. The number of halogens is 12. The van der Waals surface area contributed by atoms with Gasteiger partial charge in [0.1, 0.15) is 34.3 Å². The van der Waals surface area contributed by atoms with Gasteiger partial charge in [-0.25, -0.2) is 48.3 Å². The van der Waals surface area contributed by atoms with Crippen LogP contribution in [-0.2, 0) is 32.1 Å². The number of nitrogens with two attached hydrogens (primary N) is 6. The molecule has 696 valence electrons. The summed E-state index contributed by atoms with van der Waals surface area (Å²) < 4.78 is 170. The molecule has 4 aliphatic carbocycles. The molecule has 9 aromatic carbocycles. The van der Waals surface area contributed by atoms with E-state index in [0.717, 1.165) is 80.0 Å². The van der Waals surface area contributed by atoms with Gasteiger partial charge in [0.25, 0.3) is 0 Å². The van der Waals surface area contributed by atoms with Gasteiger partial charge in [-0.05, 0) is 180 Å². The molecule has 22 nitrogen and oxygen atoms in total. The van der Waals surface area contributed by atoms with Crippen LogP contribution >= 0.6 is 11.6 Å². The molecule has 6 heterocycles. The van der Waals surface area contributed by atoms with Gasteiger partial charge in [-0.15, -0.1) is 0 Å². The standard InChI is InChI=1S/C21H21F2N3O.C20H18ClF2N3O.C20H18F3N3O.C20H22F2N4O.C19H18F2N4O/c22-17-19(24)16-15(27)10-12-26(14-8-9-14)21(16)18(23)20(17)25-11-4-7-13-5-2-1-3-6-13;2*21-12-3-1-11(2-4-12)7-9-25-19-16(22)18(24)15-14(27)8-10-26(13-5-6-13)20(15)17(19)23;1-11(2)26-10-8-14(27)15-18(24)16(21)19(17(22)20(15)26)25-9-7-12-3-5-13(23)6-4-12;20-15-17(22)14-13(26)6-10-25(12-1-2-12)19(14)16(21)18(15)24-9-5-11-3-7-23-8-4-11/h1-3,5-6,10,12,14,25H,4,7-9,11,24H2;2*1-4,8,10,13,25H,5-7,9,24H2;3-6,8,10-11,25H,7,9,23-24H2,1-2H3;3-4,6-8,10,12,24H,1-2,5,9,22H2. The first-order chi connectivity index (χ1) is 64.4. The number of aromatic nitrogens is 6. The summed E-state index contributed by atoms with van der Waals surface area (Å²) >= 11 is 5.86. The Labute approximate surface area is 765 Å². The second-order valence-electron chi connectivity index (χ2n) is 33.7. The first kappa shape index (κ1) is 94.2. The molecule has 34 heteroatoms. The molecule has 0 saturated heterocycles. The van der Waals surface area contributed by atoms with Crippen LogP contribution in [0.2, 0.25) is 5.02 Å². The summed E-state index contributed by atoms with van der Waals surface area (Å²) in [6.45, 7) is 5.24. The summed E-state index contributed by atoms with van der Waals surface area (Å²) in [7, 11) is 0. The third-order valence-electron chi connectivity index (χ3n) is 23.9. The first-order valence-corrected chi connectivity index (χ1v) is 44.3. The predicted octanol–water partition coefficient (Wildman–Crippen LogP) is 19.7. The lowest BCUT2D eigenvalue weighted by Crippen LogP contribution is -2.17. The van der Waals surface area contributed by atoms with E-state index in [1.807, 2.05) is 80.6 Å². The molecule has 134 heavy (non-hydrogen) atoms. The number of fused-ring (bicyclic) bond motifs is 5. The summed E-state index contributed by atoms with van der Waals surface area (Å²) in [4.78, 5) is 64.8. The number of nitrogens with one attached hydrogen (secondary N) is 5. The molecule has 0 unspecified atom stereocenters. The fraction of sp³-hybridized carbons (Fsp3) is 0.260. The van der Waals surface area contributed by atoms with E-state index in [9.17, 15) is 50.3 Å². The number of rotatable bonds is 26. The van der Waals surface area contributed by atoms with Gasteiger partial charge >= 0.3 is 0 Å². The molecule has 6 aromatic heterocycles. The molecule has 0 bridgehead atoms. The highest BCUT2D eigenvalue weighted by molar-refractivity contribution is 6.30. The van der Waals surface area contributed by atoms with E-state index in [1.54, 1.807) is 90.2 Å². The summed E-state index contributed by atoms with van der Waals surface area (Å²) in [5.41, 5.74) is 35.3. The minimum Gasteiger partial charge on any atom is -0.399 e. The van der Waals surface area contributed by atoms with Gasteiger partial charge in [0, 0.05) is 147 Å². The van der Waals surface area contributed by atoms with E-state index in [4.69, 9.17) is 46.0 Å². The lowest BCUT2D eigenvalue weighted by molar-refractivity contribution is 0.571. The number of aryl methyl sites for hydroxylation is 1.